The minimum Gasteiger partial charge on any atom is -0.368 e. The van der Waals surface area contributed by atoms with E-state index in [-0.39, 0.29) is 23.8 Å². The van der Waals surface area contributed by atoms with Crippen molar-refractivity contribution in [2.75, 3.05) is 26.2 Å². The van der Waals surface area contributed by atoms with Crippen molar-refractivity contribution in [3.63, 3.8) is 0 Å². The fraction of sp³-hybridized carbons (Fsp3) is 0.522. The van der Waals surface area contributed by atoms with E-state index in [9.17, 15) is 9.59 Å². The lowest BCUT2D eigenvalue weighted by atomic mass is 9.90. The zero-order chi connectivity index (χ0) is 20.5. The van der Waals surface area contributed by atoms with Crippen LogP contribution in [0.15, 0.2) is 30.5 Å². The molecule has 158 valence electrons. The van der Waals surface area contributed by atoms with Gasteiger partial charge in [-0.15, -0.1) is 0 Å². The molecule has 1 aromatic carbocycles. The molecule has 0 radical (unpaired) electrons. The van der Waals surface area contributed by atoms with Crippen molar-refractivity contribution in [3.05, 3.63) is 52.8 Å². The van der Waals surface area contributed by atoms with Crippen molar-refractivity contribution in [2.45, 2.75) is 50.7 Å². The number of likely N-dealkylation sites (tertiary alicyclic amines) is 1. The van der Waals surface area contributed by atoms with Crippen LogP contribution in [0.1, 0.15) is 58.8 Å². The lowest BCUT2D eigenvalue weighted by molar-refractivity contribution is -0.142. The number of piperidine rings is 1. The Balaban J connectivity index is 1.24. The number of hydrogen-bond donors (Lipinski definition) is 1. The van der Waals surface area contributed by atoms with Gasteiger partial charge in [-0.2, -0.15) is 5.10 Å². The summed E-state index contributed by atoms with van der Waals surface area (Å²) in [6.07, 6.45) is 5.77. The highest BCUT2D eigenvalue weighted by Crippen LogP contribution is 2.31. The van der Waals surface area contributed by atoms with E-state index < -0.39 is 0 Å². The molecule has 0 saturated carbocycles. The van der Waals surface area contributed by atoms with E-state index in [4.69, 9.17) is 4.74 Å². The lowest BCUT2D eigenvalue weighted by Gasteiger charge is -2.33. The predicted molar refractivity (Wildman–Crippen MR) is 111 cm³/mol. The molecule has 0 spiro atoms. The Morgan fingerprint density at radius 1 is 1.03 bits per heavy atom. The average Bonchev–Trinajstić information content (AvgIpc) is 3.50. The first-order valence-electron chi connectivity index (χ1n) is 11.0. The summed E-state index contributed by atoms with van der Waals surface area (Å²) in [6.45, 7) is 3.47. The molecule has 2 aromatic rings. The summed E-state index contributed by atoms with van der Waals surface area (Å²) in [4.78, 5) is 29.7. The van der Waals surface area contributed by atoms with Crippen LogP contribution >= 0.6 is 0 Å². The number of carbonyl (C=O) groups is 2. The van der Waals surface area contributed by atoms with E-state index in [1.54, 1.807) is 6.20 Å². The molecule has 7 nitrogen and oxygen atoms in total. The van der Waals surface area contributed by atoms with Gasteiger partial charge in [0.25, 0.3) is 11.8 Å². The number of carbonyl (C=O) groups excluding carboxylic acids is 2. The van der Waals surface area contributed by atoms with Crippen LogP contribution < -0.4 is 0 Å². The topological polar surface area (TPSA) is 78.5 Å². The molecule has 4 heterocycles. The molecule has 1 aromatic heterocycles. The summed E-state index contributed by atoms with van der Waals surface area (Å²) in [6, 6.07) is 8.33. The fourth-order valence-corrected chi connectivity index (χ4v) is 4.98. The molecule has 7 heteroatoms. The number of benzene rings is 1. The lowest BCUT2D eigenvalue weighted by Crippen LogP contribution is -2.43. The quantitative estimate of drug-likeness (QED) is 0.846. The van der Waals surface area contributed by atoms with E-state index in [1.165, 1.54) is 11.1 Å². The van der Waals surface area contributed by atoms with Crippen molar-refractivity contribution < 1.29 is 14.3 Å². The van der Waals surface area contributed by atoms with Gasteiger partial charge >= 0.3 is 0 Å². The molecule has 2 saturated heterocycles. The van der Waals surface area contributed by atoms with Crippen molar-refractivity contribution >= 4 is 11.8 Å². The Kier molecular flexibility index (Phi) is 5.29. The molecule has 1 N–H and O–H groups in total. The van der Waals surface area contributed by atoms with Crippen LogP contribution in [0.2, 0.25) is 0 Å². The number of hydrogen-bond acceptors (Lipinski definition) is 4. The van der Waals surface area contributed by atoms with Crippen LogP contribution in [0.5, 0.6) is 0 Å². The van der Waals surface area contributed by atoms with Crippen LogP contribution in [-0.2, 0) is 22.5 Å². The smallest absolute Gasteiger partial charge is 0.257 e. The van der Waals surface area contributed by atoms with Gasteiger partial charge in [0, 0.05) is 38.7 Å². The van der Waals surface area contributed by atoms with E-state index in [2.05, 4.69) is 28.4 Å². The number of fused-ring (bicyclic) bond motifs is 1. The van der Waals surface area contributed by atoms with Gasteiger partial charge in [-0.3, -0.25) is 14.7 Å². The van der Waals surface area contributed by atoms with E-state index in [0.29, 0.717) is 31.8 Å². The second-order valence-corrected chi connectivity index (χ2v) is 8.54. The highest BCUT2D eigenvalue weighted by Gasteiger charge is 2.33. The van der Waals surface area contributed by atoms with Crippen LogP contribution in [0, 0.1) is 0 Å². The Labute approximate surface area is 176 Å². The minimum atomic E-state index is -0.257. The van der Waals surface area contributed by atoms with E-state index in [0.717, 1.165) is 44.3 Å². The Morgan fingerprint density at radius 2 is 1.83 bits per heavy atom. The second kappa shape index (κ2) is 8.22. The summed E-state index contributed by atoms with van der Waals surface area (Å²) in [7, 11) is 0. The van der Waals surface area contributed by atoms with Gasteiger partial charge in [0.1, 0.15) is 6.10 Å². The second-order valence-electron chi connectivity index (χ2n) is 8.54. The van der Waals surface area contributed by atoms with Gasteiger partial charge in [0.2, 0.25) is 0 Å². The van der Waals surface area contributed by atoms with E-state index >= 15 is 0 Å². The van der Waals surface area contributed by atoms with Gasteiger partial charge in [-0.1, -0.05) is 24.3 Å². The number of H-pyrrole nitrogens is 1. The van der Waals surface area contributed by atoms with Crippen molar-refractivity contribution in [3.8, 4) is 0 Å². The maximum Gasteiger partial charge on any atom is 0.257 e. The molecule has 1 atom stereocenters. The average molecular weight is 409 g/mol. The minimum absolute atomic E-state index is 0.0473. The molecule has 3 aliphatic heterocycles. The van der Waals surface area contributed by atoms with Gasteiger partial charge in [0.05, 0.1) is 17.5 Å². The summed E-state index contributed by atoms with van der Waals surface area (Å²) < 4.78 is 5.55. The van der Waals surface area contributed by atoms with Gasteiger partial charge in [0.15, 0.2) is 0 Å². The van der Waals surface area contributed by atoms with Crippen LogP contribution in [-0.4, -0.2) is 64.2 Å². The number of amides is 2. The highest BCUT2D eigenvalue weighted by atomic mass is 16.5. The van der Waals surface area contributed by atoms with Crippen molar-refractivity contribution in [1.29, 1.82) is 0 Å². The Bertz CT molecular complexity index is 926. The Morgan fingerprint density at radius 3 is 2.60 bits per heavy atom. The van der Waals surface area contributed by atoms with Crippen molar-refractivity contribution in [1.82, 2.24) is 20.0 Å². The third-order valence-corrected chi connectivity index (χ3v) is 6.74. The molecular formula is C23H28N4O3. The van der Waals surface area contributed by atoms with Crippen molar-refractivity contribution in [2.24, 2.45) is 0 Å². The first kappa shape index (κ1) is 19.3. The first-order chi connectivity index (χ1) is 14.7. The van der Waals surface area contributed by atoms with Crippen LogP contribution in [0.3, 0.4) is 0 Å². The molecule has 2 fully saturated rings. The van der Waals surface area contributed by atoms with Crippen LogP contribution in [0.25, 0.3) is 0 Å². The number of rotatable bonds is 3. The number of nitrogens with one attached hydrogen (secondary N) is 1. The zero-order valence-corrected chi connectivity index (χ0v) is 17.2. The van der Waals surface area contributed by atoms with Gasteiger partial charge in [-0.25, -0.2) is 0 Å². The predicted octanol–water partition coefficient (Wildman–Crippen LogP) is 2.49. The molecule has 0 aliphatic carbocycles. The molecule has 0 bridgehead atoms. The molecule has 0 unspecified atom stereocenters. The maximum absolute atomic E-state index is 13.3. The summed E-state index contributed by atoms with van der Waals surface area (Å²) in [5.74, 6) is 0.391. The maximum atomic E-state index is 13.3. The van der Waals surface area contributed by atoms with Gasteiger partial charge < -0.3 is 14.5 Å². The molecule has 3 aliphatic rings. The summed E-state index contributed by atoms with van der Waals surface area (Å²) >= 11 is 0. The summed E-state index contributed by atoms with van der Waals surface area (Å²) in [5, 5.41) is 7.29. The molecule has 30 heavy (non-hydrogen) atoms. The molecular weight excluding hydrogens is 380 g/mol. The SMILES string of the molecule is O=C(c1cn[nH]c1C1CCN(C(=O)[C@H]2CCCO2)CC1)N1CCc2ccccc2C1. The number of nitrogens with zero attached hydrogens (tertiary/aromatic N) is 3. The van der Waals surface area contributed by atoms with Gasteiger partial charge in [-0.05, 0) is 43.2 Å². The third-order valence-electron chi connectivity index (χ3n) is 6.74. The monoisotopic (exact) mass is 408 g/mol. The Hall–Kier alpha value is -2.67. The largest absolute Gasteiger partial charge is 0.368 e. The first-order valence-corrected chi connectivity index (χ1v) is 11.0. The number of aromatic nitrogens is 2. The molecule has 2 amide bonds. The highest BCUT2D eigenvalue weighted by molar-refractivity contribution is 5.95. The normalized spacial score (nSPS) is 22.2. The van der Waals surface area contributed by atoms with Crippen LogP contribution in [0.4, 0.5) is 0 Å². The zero-order valence-electron chi connectivity index (χ0n) is 17.2. The molecule has 5 rings (SSSR count). The number of ether oxygens (including phenoxy) is 1. The standard InChI is InChI=1S/C23H28N4O3/c28-22(27-12-7-16-4-1-2-5-18(16)15-27)19-14-24-25-21(19)17-8-10-26(11-9-17)23(29)20-6-3-13-30-20/h1-2,4-5,14,17,20H,3,6-13,15H2,(H,24,25)/t20-/m1/s1. The summed E-state index contributed by atoms with van der Waals surface area (Å²) in [5.41, 5.74) is 4.15. The fourth-order valence-electron chi connectivity index (χ4n) is 4.98. The van der Waals surface area contributed by atoms with E-state index in [1.807, 2.05) is 15.9 Å². The number of aromatic amines is 1. The third kappa shape index (κ3) is 3.62.